The number of aromatic nitrogens is 2. The Morgan fingerprint density at radius 2 is 1.87 bits per heavy atom. The normalized spacial score (nSPS) is 11.7. The lowest BCUT2D eigenvalue weighted by atomic mass is 10.1. The molecule has 0 radical (unpaired) electrons. The molecule has 162 valence electrons. The minimum absolute atomic E-state index is 0.00989. The van der Waals surface area contributed by atoms with Crippen LogP contribution < -0.4 is 15.6 Å². The highest BCUT2D eigenvalue weighted by Gasteiger charge is 2.15. The number of aryl methyl sites for hydroxylation is 1. The van der Waals surface area contributed by atoms with Crippen molar-refractivity contribution < 1.29 is 9.53 Å². The second-order valence-electron chi connectivity index (χ2n) is 7.23. The van der Waals surface area contributed by atoms with Crippen LogP contribution in [0.5, 0.6) is 5.75 Å². The van der Waals surface area contributed by atoms with Crippen LogP contribution in [-0.4, -0.2) is 29.5 Å². The molecule has 0 unspecified atom stereocenters. The van der Waals surface area contributed by atoms with Crippen molar-refractivity contribution in [1.82, 2.24) is 15.3 Å². The summed E-state index contributed by atoms with van der Waals surface area (Å²) in [5.41, 5.74) is 2.98. The van der Waals surface area contributed by atoms with E-state index >= 15 is 0 Å². The fourth-order valence-electron chi connectivity index (χ4n) is 3.17. The highest BCUT2D eigenvalue weighted by molar-refractivity contribution is 7.99. The van der Waals surface area contributed by atoms with Crippen LogP contribution in [0.25, 0.3) is 0 Å². The summed E-state index contributed by atoms with van der Waals surface area (Å²) >= 11 is 1.49. The predicted octanol–water partition coefficient (Wildman–Crippen LogP) is 3.84. The van der Waals surface area contributed by atoms with Crippen LogP contribution in [0.15, 0.2) is 64.5 Å². The molecule has 0 saturated carbocycles. The van der Waals surface area contributed by atoms with Crippen LogP contribution in [0, 0.1) is 6.92 Å². The standard InChI is InChI=1S/C24H27N3O3S/c1-16-21(15-22(28)25-14-13-18-9-11-20(30-3)12-10-18)23(29)27-24(26-16)31-17(2)19-7-5-4-6-8-19/h4-12,17H,13-15H2,1-3H3,(H,25,28)(H,26,27,29)/t17-/m1/s1. The number of aromatic amines is 1. The molecule has 0 fully saturated rings. The first-order chi connectivity index (χ1) is 15.0. The van der Waals surface area contributed by atoms with Crippen molar-refractivity contribution in [2.75, 3.05) is 13.7 Å². The lowest BCUT2D eigenvalue weighted by Gasteiger charge is -2.12. The molecule has 0 spiro atoms. The zero-order valence-corrected chi connectivity index (χ0v) is 18.8. The van der Waals surface area contributed by atoms with Crippen LogP contribution >= 0.6 is 11.8 Å². The van der Waals surface area contributed by atoms with E-state index in [4.69, 9.17) is 4.74 Å². The Morgan fingerprint density at radius 3 is 2.52 bits per heavy atom. The number of carbonyl (C=O) groups is 1. The van der Waals surface area contributed by atoms with Crippen LogP contribution in [0.1, 0.15) is 34.6 Å². The number of carbonyl (C=O) groups excluding carboxylic acids is 1. The summed E-state index contributed by atoms with van der Waals surface area (Å²) in [5, 5.41) is 3.58. The molecule has 0 saturated heterocycles. The van der Waals surface area contributed by atoms with Gasteiger partial charge in [0.1, 0.15) is 5.75 Å². The molecule has 31 heavy (non-hydrogen) atoms. The van der Waals surface area contributed by atoms with Gasteiger partial charge in [-0.3, -0.25) is 9.59 Å². The SMILES string of the molecule is COc1ccc(CCNC(=O)Cc2c(C)nc(S[C@H](C)c3ccccc3)[nH]c2=O)cc1. The van der Waals surface area contributed by atoms with Gasteiger partial charge in [-0.1, -0.05) is 54.2 Å². The smallest absolute Gasteiger partial charge is 0.255 e. The second kappa shape index (κ2) is 10.8. The molecule has 2 N–H and O–H groups in total. The van der Waals surface area contributed by atoms with Gasteiger partial charge in [0, 0.05) is 23.1 Å². The van der Waals surface area contributed by atoms with Crippen molar-refractivity contribution in [3.63, 3.8) is 0 Å². The van der Waals surface area contributed by atoms with Crippen molar-refractivity contribution in [1.29, 1.82) is 0 Å². The molecule has 3 aromatic rings. The summed E-state index contributed by atoms with van der Waals surface area (Å²) in [6, 6.07) is 17.8. The summed E-state index contributed by atoms with van der Waals surface area (Å²) in [5.74, 6) is 0.608. The quantitative estimate of drug-likeness (QED) is 0.392. The highest BCUT2D eigenvalue weighted by Crippen LogP contribution is 2.32. The van der Waals surface area contributed by atoms with E-state index in [2.05, 4.69) is 22.2 Å². The first-order valence-corrected chi connectivity index (χ1v) is 11.0. The Morgan fingerprint density at radius 1 is 1.16 bits per heavy atom. The van der Waals surface area contributed by atoms with Crippen molar-refractivity contribution in [2.24, 2.45) is 0 Å². The number of nitrogens with one attached hydrogen (secondary N) is 2. The third-order valence-electron chi connectivity index (χ3n) is 4.99. The van der Waals surface area contributed by atoms with Crippen molar-refractivity contribution in [3.8, 4) is 5.75 Å². The summed E-state index contributed by atoms with van der Waals surface area (Å²) < 4.78 is 5.14. The highest BCUT2D eigenvalue weighted by atomic mass is 32.2. The van der Waals surface area contributed by atoms with Gasteiger partial charge >= 0.3 is 0 Å². The molecular weight excluding hydrogens is 410 g/mol. The Kier molecular flexibility index (Phi) is 7.89. The Hall–Kier alpha value is -3.06. The molecular formula is C24H27N3O3S. The average molecular weight is 438 g/mol. The number of nitrogens with zero attached hydrogens (tertiary/aromatic N) is 1. The van der Waals surface area contributed by atoms with Crippen LogP contribution in [0.2, 0.25) is 0 Å². The maximum Gasteiger partial charge on any atom is 0.255 e. The van der Waals surface area contributed by atoms with Gasteiger partial charge in [0.25, 0.3) is 5.56 Å². The molecule has 6 nitrogen and oxygen atoms in total. The minimum atomic E-state index is -0.263. The van der Waals surface area contributed by atoms with Gasteiger partial charge in [-0.05, 0) is 43.5 Å². The largest absolute Gasteiger partial charge is 0.497 e. The Labute approximate surface area is 186 Å². The molecule has 3 rings (SSSR count). The number of methoxy groups -OCH3 is 1. The number of H-pyrrole nitrogens is 1. The fraction of sp³-hybridized carbons (Fsp3) is 0.292. The third-order valence-corrected chi connectivity index (χ3v) is 6.03. The Balaban J connectivity index is 1.55. The van der Waals surface area contributed by atoms with E-state index in [0.717, 1.165) is 16.9 Å². The number of thioether (sulfide) groups is 1. The fourth-order valence-corrected chi connectivity index (χ4v) is 4.14. The maximum atomic E-state index is 12.6. The number of amides is 1. The summed E-state index contributed by atoms with van der Waals surface area (Å²) in [7, 11) is 1.63. The minimum Gasteiger partial charge on any atom is -0.497 e. The average Bonchev–Trinajstić information content (AvgIpc) is 2.77. The molecule has 2 aromatic carbocycles. The molecule has 0 aliphatic heterocycles. The number of benzene rings is 2. The van der Waals surface area contributed by atoms with Crippen LogP contribution in [0.4, 0.5) is 0 Å². The number of ether oxygens (including phenoxy) is 1. The molecule has 1 aromatic heterocycles. The predicted molar refractivity (Wildman–Crippen MR) is 124 cm³/mol. The monoisotopic (exact) mass is 437 g/mol. The van der Waals surface area contributed by atoms with Gasteiger partial charge in [0.05, 0.1) is 13.5 Å². The van der Waals surface area contributed by atoms with E-state index in [1.54, 1.807) is 14.0 Å². The van der Waals surface area contributed by atoms with E-state index in [1.165, 1.54) is 11.8 Å². The maximum absolute atomic E-state index is 12.6. The second-order valence-corrected chi connectivity index (χ2v) is 8.56. The van der Waals surface area contributed by atoms with Crippen molar-refractivity contribution >= 4 is 17.7 Å². The molecule has 0 aliphatic carbocycles. The lowest BCUT2D eigenvalue weighted by molar-refractivity contribution is -0.120. The lowest BCUT2D eigenvalue weighted by Crippen LogP contribution is -2.30. The Bertz CT molecular complexity index is 1070. The van der Waals surface area contributed by atoms with Gasteiger partial charge in [0.2, 0.25) is 5.91 Å². The number of hydrogen-bond donors (Lipinski definition) is 2. The third kappa shape index (κ3) is 6.46. The van der Waals surface area contributed by atoms with E-state index in [1.807, 2.05) is 54.6 Å². The van der Waals surface area contributed by atoms with Gasteiger partial charge in [-0.2, -0.15) is 0 Å². The molecule has 0 bridgehead atoms. The zero-order chi connectivity index (χ0) is 22.2. The summed E-state index contributed by atoms with van der Waals surface area (Å²) in [4.78, 5) is 32.2. The van der Waals surface area contributed by atoms with Crippen LogP contribution in [0.3, 0.4) is 0 Å². The molecule has 1 atom stereocenters. The van der Waals surface area contributed by atoms with Gasteiger partial charge in [-0.25, -0.2) is 4.98 Å². The first kappa shape index (κ1) is 22.6. The van der Waals surface area contributed by atoms with E-state index in [0.29, 0.717) is 29.4 Å². The summed E-state index contributed by atoms with van der Waals surface area (Å²) in [6.07, 6.45) is 0.715. The zero-order valence-electron chi connectivity index (χ0n) is 18.0. The first-order valence-electron chi connectivity index (χ1n) is 10.2. The van der Waals surface area contributed by atoms with Gasteiger partial charge < -0.3 is 15.0 Å². The number of hydrogen-bond acceptors (Lipinski definition) is 5. The molecule has 1 heterocycles. The van der Waals surface area contributed by atoms with Gasteiger partial charge in [0.15, 0.2) is 5.16 Å². The van der Waals surface area contributed by atoms with Crippen molar-refractivity contribution in [2.45, 2.75) is 37.1 Å². The van der Waals surface area contributed by atoms with E-state index < -0.39 is 0 Å². The number of rotatable bonds is 9. The van der Waals surface area contributed by atoms with E-state index in [9.17, 15) is 9.59 Å². The van der Waals surface area contributed by atoms with Crippen LogP contribution in [-0.2, 0) is 17.6 Å². The molecule has 0 aliphatic rings. The summed E-state index contributed by atoms with van der Waals surface area (Å²) in [6.45, 7) is 4.34. The molecule has 1 amide bonds. The van der Waals surface area contributed by atoms with Gasteiger partial charge in [-0.15, -0.1) is 0 Å². The molecule has 7 heteroatoms. The van der Waals surface area contributed by atoms with Crippen molar-refractivity contribution in [3.05, 3.63) is 87.3 Å². The topological polar surface area (TPSA) is 84.1 Å². The van der Waals surface area contributed by atoms with E-state index in [-0.39, 0.29) is 23.1 Å².